The molecule has 0 aromatic heterocycles. The Kier molecular flexibility index (Phi) is 3.52. The monoisotopic (exact) mass is 109 g/mol. The van der Waals surface area contributed by atoms with Crippen molar-refractivity contribution in [1.82, 2.24) is 4.42 Å². The van der Waals surface area contributed by atoms with Crippen molar-refractivity contribution >= 4 is 11.8 Å². The molecule has 0 radical (unpaired) electrons. The van der Waals surface area contributed by atoms with Crippen molar-refractivity contribution in [2.45, 2.75) is 6.92 Å². The summed E-state index contributed by atoms with van der Waals surface area (Å²) in [6.45, 7) is 2.47. The molecular formula is C3H8ClNO. The van der Waals surface area contributed by atoms with E-state index in [0.717, 1.165) is 0 Å². The molecule has 0 saturated carbocycles. The first-order valence-corrected chi connectivity index (χ1v) is 2.16. The van der Waals surface area contributed by atoms with Crippen LogP contribution in [0.15, 0.2) is 0 Å². The van der Waals surface area contributed by atoms with Gasteiger partial charge in [0.15, 0.2) is 0 Å². The zero-order chi connectivity index (χ0) is 4.99. The summed E-state index contributed by atoms with van der Waals surface area (Å²) < 4.78 is 1.28. The maximum atomic E-state index is 8.13. The highest BCUT2D eigenvalue weighted by molar-refractivity contribution is 6.13. The highest BCUT2D eigenvalue weighted by Crippen LogP contribution is 1.85. The molecule has 6 heavy (non-hydrogen) atoms. The third kappa shape index (κ3) is 2.45. The molecule has 0 aliphatic carbocycles. The Labute approximate surface area is 42.4 Å². The molecule has 0 atom stereocenters. The van der Waals surface area contributed by atoms with Crippen LogP contribution in [0.2, 0.25) is 0 Å². The van der Waals surface area contributed by atoms with Crippen LogP contribution in [-0.2, 0) is 0 Å². The van der Waals surface area contributed by atoms with E-state index in [1.807, 2.05) is 6.92 Å². The second kappa shape index (κ2) is 3.40. The number of rotatable bonds is 2. The van der Waals surface area contributed by atoms with E-state index in [-0.39, 0.29) is 6.73 Å². The van der Waals surface area contributed by atoms with Crippen LogP contribution in [0.1, 0.15) is 6.92 Å². The van der Waals surface area contributed by atoms with Gasteiger partial charge in [-0.3, -0.25) is 0 Å². The maximum absolute atomic E-state index is 8.13. The number of hydrogen-bond acceptors (Lipinski definition) is 2. The van der Waals surface area contributed by atoms with Gasteiger partial charge in [-0.1, -0.05) is 6.92 Å². The highest BCUT2D eigenvalue weighted by Gasteiger charge is 1.86. The van der Waals surface area contributed by atoms with E-state index < -0.39 is 0 Å². The van der Waals surface area contributed by atoms with Gasteiger partial charge in [0.2, 0.25) is 0 Å². The van der Waals surface area contributed by atoms with Crippen molar-refractivity contribution in [2.75, 3.05) is 13.3 Å². The standard InChI is InChI=1S/C3H8ClNO/c1-2-5(4)3-6/h6H,2-3H2,1H3. The minimum atomic E-state index is -0.0714. The normalized spacial score (nSPS) is 10.0. The van der Waals surface area contributed by atoms with Crippen molar-refractivity contribution in [3.05, 3.63) is 0 Å². The molecule has 0 unspecified atom stereocenters. The predicted molar refractivity (Wildman–Crippen MR) is 25.3 cm³/mol. The van der Waals surface area contributed by atoms with Crippen molar-refractivity contribution in [3.63, 3.8) is 0 Å². The summed E-state index contributed by atoms with van der Waals surface area (Å²) in [7, 11) is 0. The van der Waals surface area contributed by atoms with E-state index in [1.54, 1.807) is 0 Å². The van der Waals surface area contributed by atoms with Crippen LogP contribution < -0.4 is 0 Å². The summed E-state index contributed by atoms with van der Waals surface area (Å²) in [5.41, 5.74) is 0. The number of aliphatic hydroxyl groups is 1. The average molecular weight is 110 g/mol. The van der Waals surface area contributed by atoms with Gasteiger partial charge in [-0.2, -0.15) is 4.42 Å². The number of halogens is 1. The molecule has 1 N–H and O–H groups in total. The lowest BCUT2D eigenvalue weighted by molar-refractivity contribution is 0.188. The molecule has 0 saturated heterocycles. The van der Waals surface area contributed by atoms with Gasteiger partial charge in [0.1, 0.15) is 6.73 Å². The van der Waals surface area contributed by atoms with Gasteiger partial charge in [-0.15, -0.1) is 0 Å². The van der Waals surface area contributed by atoms with Gasteiger partial charge in [-0.25, -0.2) is 0 Å². The summed E-state index contributed by atoms with van der Waals surface area (Å²) in [4.78, 5) is 0. The Balaban J connectivity index is 2.75. The molecule has 0 spiro atoms. The Morgan fingerprint density at radius 3 is 2.33 bits per heavy atom. The molecule has 2 nitrogen and oxygen atoms in total. The summed E-state index contributed by atoms with van der Waals surface area (Å²) >= 11 is 5.23. The number of hydrogen-bond donors (Lipinski definition) is 1. The van der Waals surface area contributed by atoms with Crippen LogP contribution >= 0.6 is 11.8 Å². The molecule has 0 heterocycles. The Morgan fingerprint density at radius 2 is 2.33 bits per heavy atom. The van der Waals surface area contributed by atoms with Crippen LogP contribution in [0.5, 0.6) is 0 Å². The van der Waals surface area contributed by atoms with Gasteiger partial charge in [-0.05, 0) is 11.8 Å². The van der Waals surface area contributed by atoms with E-state index in [1.165, 1.54) is 4.42 Å². The van der Waals surface area contributed by atoms with E-state index in [0.29, 0.717) is 6.54 Å². The fourth-order valence-corrected chi connectivity index (χ4v) is 0.1000. The minimum Gasteiger partial charge on any atom is -0.380 e. The zero-order valence-electron chi connectivity index (χ0n) is 3.69. The molecule has 0 aliphatic rings. The lowest BCUT2D eigenvalue weighted by Crippen LogP contribution is -2.10. The smallest absolute Gasteiger partial charge is 0.109 e. The number of aliphatic hydroxyl groups excluding tert-OH is 1. The number of nitrogens with zero attached hydrogens (tertiary/aromatic N) is 1. The third-order valence-electron chi connectivity index (χ3n) is 0.497. The fraction of sp³-hybridized carbons (Fsp3) is 1.00. The van der Waals surface area contributed by atoms with Crippen LogP contribution in [0.3, 0.4) is 0 Å². The second-order valence-electron chi connectivity index (χ2n) is 0.920. The summed E-state index contributed by atoms with van der Waals surface area (Å²) in [5.74, 6) is 0. The molecule has 0 aliphatic heterocycles. The van der Waals surface area contributed by atoms with Gasteiger partial charge < -0.3 is 5.11 Å². The SMILES string of the molecule is CCN(Cl)CO. The summed E-state index contributed by atoms with van der Waals surface area (Å²) in [6, 6.07) is 0. The minimum absolute atomic E-state index is 0.0714. The van der Waals surface area contributed by atoms with E-state index in [2.05, 4.69) is 0 Å². The van der Waals surface area contributed by atoms with Crippen LogP contribution in [0.25, 0.3) is 0 Å². The molecule has 0 amide bonds. The van der Waals surface area contributed by atoms with Crippen LogP contribution in [0, 0.1) is 0 Å². The van der Waals surface area contributed by atoms with Gasteiger partial charge >= 0.3 is 0 Å². The van der Waals surface area contributed by atoms with Crippen molar-refractivity contribution in [2.24, 2.45) is 0 Å². The Hall–Kier alpha value is 0.210. The third-order valence-corrected chi connectivity index (χ3v) is 0.843. The quantitative estimate of drug-likeness (QED) is 0.410. The second-order valence-corrected chi connectivity index (χ2v) is 1.40. The lowest BCUT2D eigenvalue weighted by Gasteiger charge is -2.01. The molecule has 0 rings (SSSR count). The topological polar surface area (TPSA) is 23.5 Å². The maximum Gasteiger partial charge on any atom is 0.109 e. The van der Waals surface area contributed by atoms with Crippen LogP contribution in [-0.4, -0.2) is 22.8 Å². The first-order chi connectivity index (χ1) is 2.81. The molecule has 38 valence electrons. The van der Waals surface area contributed by atoms with E-state index in [9.17, 15) is 0 Å². The average Bonchev–Trinajstić information content (AvgIpc) is 1.65. The first kappa shape index (κ1) is 6.21. The van der Waals surface area contributed by atoms with E-state index >= 15 is 0 Å². The summed E-state index contributed by atoms with van der Waals surface area (Å²) in [6.07, 6.45) is 0. The molecule has 0 aromatic rings. The first-order valence-electron chi connectivity index (χ1n) is 1.82. The molecule has 3 heteroatoms. The Morgan fingerprint density at radius 1 is 1.83 bits per heavy atom. The van der Waals surface area contributed by atoms with Crippen molar-refractivity contribution in [1.29, 1.82) is 0 Å². The van der Waals surface area contributed by atoms with Crippen molar-refractivity contribution in [3.8, 4) is 0 Å². The van der Waals surface area contributed by atoms with Crippen molar-refractivity contribution < 1.29 is 5.11 Å². The zero-order valence-corrected chi connectivity index (χ0v) is 4.44. The largest absolute Gasteiger partial charge is 0.380 e. The Bertz CT molecular complexity index is 30.0. The van der Waals surface area contributed by atoms with Gasteiger partial charge in [0.05, 0.1) is 0 Å². The molecule has 0 bridgehead atoms. The molecule has 0 fully saturated rings. The van der Waals surface area contributed by atoms with E-state index in [4.69, 9.17) is 16.9 Å². The fourth-order valence-electron chi connectivity index (χ4n) is 0.1000. The molecule has 0 aromatic carbocycles. The van der Waals surface area contributed by atoms with Crippen LogP contribution in [0.4, 0.5) is 0 Å². The van der Waals surface area contributed by atoms with Gasteiger partial charge in [0, 0.05) is 6.54 Å². The highest BCUT2D eigenvalue weighted by atomic mass is 35.5. The molecular weight excluding hydrogens is 101 g/mol. The van der Waals surface area contributed by atoms with Gasteiger partial charge in [0.25, 0.3) is 0 Å². The predicted octanol–water partition coefficient (Wildman–Crippen LogP) is 0.412. The lowest BCUT2D eigenvalue weighted by atomic mass is 10.8. The summed E-state index contributed by atoms with van der Waals surface area (Å²) in [5, 5.41) is 8.13.